The predicted molar refractivity (Wildman–Crippen MR) is 95.4 cm³/mol. The minimum Gasteiger partial charge on any atom is -0.383 e. The molecule has 0 radical (unpaired) electrons. The SMILES string of the molecule is CCN(Cc1nc(N)c2c(C)c(C)sc2n1)Cc1cccs1. The van der Waals surface area contributed by atoms with Crippen molar-refractivity contribution in [2.24, 2.45) is 0 Å². The van der Waals surface area contributed by atoms with E-state index in [1.54, 1.807) is 22.7 Å². The van der Waals surface area contributed by atoms with Gasteiger partial charge in [0, 0.05) is 16.3 Å². The second kappa shape index (κ2) is 6.32. The molecule has 3 rings (SSSR count). The molecular formula is C16H20N4S2. The summed E-state index contributed by atoms with van der Waals surface area (Å²) in [6.07, 6.45) is 0. The normalized spacial score (nSPS) is 11.6. The van der Waals surface area contributed by atoms with Crippen molar-refractivity contribution in [3.8, 4) is 0 Å². The van der Waals surface area contributed by atoms with Gasteiger partial charge in [-0.25, -0.2) is 9.97 Å². The van der Waals surface area contributed by atoms with E-state index in [9.17, 15) is 0 Å². The number of thiophene rings is 2. The van der Waals surface area contributed by atoms with E-state index in [0.29, 0.717) is 5.82 Å². The summed E-state index contributed by atoms with van der Waals surface area (Å²) in [6, 6.07) is 4.25. The van der Waals surface area contributed by atoms with Crippen LogP contribution in [0.1, 0.15) is 28.1 Å². The first-order valence-corrected chi connectivity index (χ1v) is 9.05. The summed E-state index contributed by atoms with van der Waals surface area (Å²) < 4.78 is 0. The fraction of sp³-hybridized carbons (Fsp3) is 0.375. The lowest BCUT2D eigenvalue weighted by molar-refractivity contribution is 0.267. The van der Waals surface area contributed by atoms with Crippen LogP contribution in [0.3, 0.4) is 0 Å². The van der Waals surface area contributed by atoms with Crippen molar-refractivity contribution in [1.82, 2.24) is 14.9 Å². The maximum atomic E-state index is 6.16. The first-order valence-electron chi connectivity index (χ1n) is 7.35. The van der Waals surface area contributed by atoms with Crippen LogP contribution in [0.2, 0.25) is 0 Å². The Morgan fingerprint density at radius 2 is 2.05 bits per heavy atom. The highest BCUT2D eigenvalue weighted by molar-refractivity contribution is 7.18. The van der Waals surface area contributed by atoms with Gasteiger partial charge < -0.3 is 5.73 Å². The minimum atomic E-state index is 0.606. The zero-order valence-electron chi connectivity index (χ0n) is 13.1. The number of rotatable bonds is 5. The maximum absolute atomic E-state index is 6.16. The third-order valence-electron chi connectivity index (χ3n) is 3.87. The Morgan fingerprint density at radius 1 is 1.23 bits per heavy atom. The van der Waals surface area contributed by atoms with Gasteiger partial charge in [-0.05, 0) is 37.4 Å². The van der Waals surface area contributed by atoms with Crippen LogP contribution in [0, 0.1) is 13.8 Å². The number of hydrogen-bond acceptors (Lipinski definition) is 6. The average molecular weight is 332 g/mol. The second-order valence-electron chi connectivity index (χ2n) is 5.37. The van der Waals surface area contributed by atoms with Gasteiger partial charge >= 0.3 is 0 Å². The molecule has 0 saturated carbocycles. The number of nitrogens with zero attached hydrogens (tertiary/aromatic N) is 3. The topological polar surface area (TPSA) is 55.0 Å². The van der Waals surface area contributed by atoms with Crippen molar-refractivity contribution < 1.29 is 0 Å². The zero-order chi connectivity index (χ0) is 15.7. The smallest absolute Gasteiger partial charge is 0.146 e. The van der Waals surface area contributed by atoms with Gasteiger partial charge in [-0.3, -0.25) is 4.90 Å². The number of aromatic nitrogens is 2. The standard InChI is InChI=1S/C16H20N4S2/c1-4-20(8-12-6-5-7-21-12)9-13-18-15(17)14-10(2)11(3)22-16(14)19-13/h5-7H,4,8-9H2,1-3H3,(H2,17,18,19). The van der Waals surface area contributed by atoms with Crippen molar-refractivity contribution in [2.45, 2.75) is 33.9 Å². The Kier molecular flexibility index (Phi) is 4.42. The number of anilines is 1. The molecule has 22 heavy (non-hydrogen) atoms. The summed E-state index contributed by atoms with van der Waals surface area (Å²) in [7, 11) is 0. The molecule has 0 aliphatic rings. The van der Waals surface area contributed by atoms with Gasteiger partial charge in [0.15, 0.2) is 0 Å². The van der Waals surface area contributed by atoms with Gasteiger partial charge in [0.05, 0.1) is 11.9 Å². The van der Waals surface area contributed by atoms with Crippen molar-refractivity contribution in [3.63, 3.8) is 0 Å². The maximum Gasteiger partial charge on any atom is 0.146 e. The van der Waals surface area contributed by atoms with Crippen LogP contribution in [-0.4, -0.2) is 21.4 Å². The molecule has 116 valence electrons. The van der Waals surface area contributed by atoms with Gasteiger partial charge in [-0.2, -0.15) is 0 Å². The Labute approximate surface area is 138 Å². The van der Waals surface area contributed by atoms with Crippen LogP contribution >= 0.6 is 22.7 Å². The van der Waals surface area contributed by atoms with Crippen molar-refractivity contribution in [2.75, 3.05) is 12.3 Å². The van der Waals surface area contributed by atoms with E-state index in [0.717, 1.165) is 35.7 Å². The van der Waals surface area contributed by atoms with Crippen molar-refractivity contribution in [3.05, 3.63) is 38.7 Å². The van der Waals surface area contributed by atoms with Crippen molar-refractivity contribution >= 4 is 38.7 Å². The number of nitrogens with two attached hydrogens (primary N) is 1. The number of nitrogen functional groups attached to an aromatic ring is 1. The first-order chi connectivity index (χ1) is 10.6. The fourth-order valence-corrected chi connectivity index (χ4v) is 4.30. The van der Waals surface area contributed by atoms with E-state index >= 15 is 0 Å². The van der Waals surface area contributed by atoms with Gasteiger partial charge in [-0.1, -0.05) is 13.0 Å². The number of aryl methyl sites for hydroxylation is 2. The summed E-state index contributed by atoms with van der Waals surface area (Å²) in [4.78, 5) is 15.2. The highest BCUT2D eigenvalue weighted by atomic mass is 32.1. The van der Waals surface area contributed by atoms with E-state index in [-0.39, 0.29) is 0 Å². The minimum absolute atomic E-state index is 0.606. The summed E-state index contributed by atoms with van der Waals surface area (Å²) in [5.41, 5.74) is 7.37. The molecule has 3 heterocycles. The molecule has 0 spiro atoms. The lowest BCUT2D eigenvalue weighted by Crippen LogP contribution is -2.23. The van der Waals surface area contributed by atoms with Gasteiger partial charge in [-0.15, -0.1) is 22.7 Å². The fourth-order valence-electron chi connectivity index (χ4n) is 2.50. The van der Waals surface area contributed by atoms with Crippen LogP contribution < -0.4 is 5.73 Å². The number of fused-ring (bicyclic) bond motifs is 1. The Bertz CT molecular complexity index is 777. The molecule has 0 aliphatic carbocycles. The molecule has 3 aromatic rings. The van der Waals surface area contributed by atoms with E-state index in [2.05, 4.69) is 48.2 Å². The molecule has 0 atom stereocenters. The summed E-state index contributed by atoms with van der Waals surface area (Å²) in [5, 5.41) is 3.13. The number of hydrogen-bond donors (Lipinski definition) is 1. The van der Waals surface area contributed by atoms with Crippen LogP contribution in [0.15, 0.2) is 17.5 Å². The molecule has 0 unspecified atom stereocenters. The van der Waals surface area contributed by atoms with E-state index in [1.807, 2.05) is 0 Å². The highest BCUT2D eigenvalue weighted by Crippen LogP contribution is 2.32. The van der Waals surface area contributed by atoms with Crippen LogP contribution in [-0.2, 0) is 13.1 Å². The molecule has 6 heteroatoms. The Hall–Kier alpha value is -1.50. The van der Waals surface area contributed by atoms with E-state index < -0.39 is 0 Å². The Balaban J connectivity index is 1.86. The lowest BCUT2D eigenvalue weighted by Gasteiger charge is -2.18. The van der Waals surface area contributed by atoms with Gasteiger partial charge in [0.1, 0.15) is 16.5 Å². The van der Waals surface area contributed by atoms with Crippen LogP contribution in [0.4, 0.5) is 5.82 Å². The van der Waals surface area contributed by atoms with E-state index in [4.69, 9.17) is 10.7 Å². The van der Waals surface area contributed by atoms with Crippen molar-refractivity contribution in [1.29, 1.82) is 0 Å². The highest BCUT2D eigenvalue weighted by Gasteiger charge is 2.14. The van der Waals surface area contributed by atoms with Gasteiger partial charge in [0.25, 0.3) is 0 Å². The molecule has 0 saturated heterocycles. The molecular weight excluding hydrogens is 312 g/mol. The lowest BCUT2D eigenvalue weighted by atomic mass is 10.2. The third-order valence-corrected chi connectivity index (χ3v) is 5.84. The van der Waals surface area contributed by atoms with E-state index in [1.165, 1.54) is 15.3 Å². The largest absolute Gasteiger partial charge is 0.383 e. The summed E-state index contributed by atoms with van der Waals surface area (Å²) in [6.45, 7) is 8.97. The molecule has 3 aromatic heterocycles. The predicted octanol–water partition coefficient (Wildman–Crippen LogP) is 3.97. The molecule has 4 nitrogen and oxygen atoms in total. The second-order valence-corrected chi connectivity index (χ2v) is 7.61. The monoisotopic (exact) mass is 332 g/mol. The first kappa shape index (κ1) is 15.4. The third kappa shape index (κ3) is 2.99. The molecule has 0 fully saturated rings. The molecule has 0 bridgehead atoms. The summed E-state index contributed by atoms with van der Waals surface area (Å²) >= 11 is 3.48. The average Bonchev–Trinajstić information content (AvgIpc) is 3.07. The molecule has 0 aliphatic heterocycles. The quantitative estimate of drug-likeness (QED) is 0.768. The zero-order valence-corrected chi connectivity index (χ0v) is 14.7. The van der Waals surface area contributed by atoms with Gasteiger partial charge in [0.2, 0.25) is 0 Å². The molecule has 2 N–H and O–H groups in total. The van der Waals surface area contributed by atoms with Crippen LogP contribution in [0.5, 0.6) is 0 Å². The summed E-state index contributed by atoms with van der Waals surface area (Å²) in [5.74, 6) is 1.42. The molecule has 0 aromatic carbocycles. The van der Waals surface area contributed by atoms with Crippen LogP contribution in [0.25, 0.3) is 10.2 Å². The Morgan fingerprint density at radius 3 is 2.73 bits per heavy atom. The molecule has 0 amide bonds.